The van der Waals surface area contributed by atoms with Gasteiger partial charge in [0.15, 0.2) is 0 Å². The van der Waals surface area contributed by atoms with Crippen molar-refractivity contribution >= 4 is 0 Å². The summed E-state index contributed by atoms with van der Waals surface area (Å²) in [7, 11) is 0. The summed E-state index contributed by atoms with van der Waals surface area (Å²) in [5.74, 6) is 1.82. The van der Waals surface area contributed by atoms with Gasteiger partial charge in [-0.25, -0.2) is 0 Å². The molecule has 19 heavy (non-hydrogen) atoms. The van der Waals surface area contributed by atoms with Gasteiger partial charge in [-0.2, -0.15) is 0 Å². The van der Waals surface area contributed by atoms with Crippen molar-refractivity contribution in [3.05, 3.63) is 0 Å². The summed E-state index contributed by atoms with van der Waals surface area (Å²) in [6.45, 7) is 12.8. The quantitative estimate of drug-likeness (QED) is 0.742. The third kappa shape index (κ3) is 4.73. The van der Waals surface area contributed by atoms with Crippen LogP contribution in [0.5, 0.6) is 0 Å². The number of likely N-dealkylation sites (tertiary alicyclic amines) is 1. The van der Waals surface area contributed by atoms with Gasteiger partial charge in [0.25, 0.3) is 0 Å². The minimum atomic E-state index is 0.437. The zero-order valence-electron chi connectivity index (χ0n) is 13.1. The summed E-state index contributed by atoms with van der Waals surface area (Å²) in [6.07, 6.45) is 5.38. The molecule has 0 aromatic rings. The van der Waals surface area contributed by atoms with E-state index in [-0.39, 0.29) is 0 Å². The predicted molar refractivity (Wildman–Crippen MR) is 82.2 cm³/mol. The SMILES string of the molecule is CC(C)(C)C1CC(CNCC2CC2)N(CCCN)C1. The second kappa shape index (κ2) is 6.55. The highest BCUT2D eigenvalue weighted by molar-refractivity contribution is 4.92. The number of nitrogens with two attached hydrogens (primary N) is 1. The molecule has 2 fully saturated rings. The first kappa shape index (κ1) is 15.3. The van der Waals surface area contributed by atoms with E-state index in [0.717, 1.165) is 30.8 Å². The van der Waals surface area contributed by atoms with Crippen LogP contribution < -0.4 is 11.1 Å². The predicted octanol–water partition coefficient (Wildman–Crippen LogP) is 2.07. The average molecular weight is 267 g/mol. The number of nitrogens with one attached hydrogen (secondary N) is 1. The molecule has 2 atom stereocenters. The largest absolute Gasteiger partial charge is 0.330 e. The Morgan fingerprint density at radius 2 is 1.95 bits per heavy atom. The maximum atomic E-state index is 5.68. The standard InChI is InChI=1S/C16H33N3/c1-16(2,3)14-9-15(11-18-10-13-5-6-13)19(12-14)8-4-7-17/h13-15,18H,4-12,17H2,1-3H3. The molecular weight excluding hydrogens is 234 g/mol. The van der Waals surface area contributed by atoms with Gasteiger partial charge in [-0.15, -0.1) is 0 Å². The van der Waals surface area contributed by atoms with E-state index in [9.17, 15) is 0 Å². The van der Waals surface area contributed by atoms with Gasteiger partial charge in [-0.05, 0) is 62.6 Å². The topological polar surface area (TPSA) is 41.3 Å². The van der Waals surface area contributed by atoms with Crippen molar-refractivity contribution in [2.45, 2.75) is 52.5 Å². The molecule has 1 saturated carbocycles. The maximum absolute atomic E-state index is 5.68. The number of hydrogen-bond acceptors (Lipinski definition) is 3. The Balaban J connectivity index is 1.80. The van der Waals surface area contributed by atoms with Crippen LogP contribution in [0.15, 0.2) is 0 Å². The molecule has 2 rings (SSSR count). The molecule has 0 amide bonds. The molecule has 3 heteroatoms. The van der Waals surface area contributed by atoms with Gasteiger partial charge >= 0.3 is 0 Å². The molecule has 2 unspecified atom stereocenters. The summed E-state index contributed by atoms with van der Waals surface area (Å²) in [6, 6.07) is 0.731. The molecule has 0 spiro atoms. The van der Waals surface area contributed by atoms with Crippen LogP contribution in [0.4, 0.5) is 0 Å². The molecule has 1 heterocycles. The molecule has 1 aliphatic carbocycles. The Morgan fingerprint density at radius 3 is 2.53 bits per heavy atom. The smallest absolute Gasteiger partial charge is 0.0224 e. The van der Waals surface area contributed by atoms with Gasteiger partial charge in [0.1, 0.15) is 0 Å². The van der Waals surface area contributed by atoms with Crippen molar-refractivity contribution in [1.82, 2.24) is 10.2 Å². The van der Waals surface area contributed by atoms with E-state index in [1.807, 2.05) is 0 Å². The fourth-order valence-corrected chi connectivity index (χ4v) is 3.17. The van der Waals surface area contributed by atoms with Crippen molar-refractivity contribution in [1.29, 1.82) is 0 Å². The Bertz CT molecular complexity index is 268. The first-order valence-corrected chi connectivity index (χ1v) is 8.15. The molecule has 3 nitrogen and oxygen atoms in total. The second-order valence-electron chi connectivity index (χ2n) is 7.69. The Kier molecular flexibility index (Phi) is 5.27. The first-order chi connectivity index (χ1) is 9.00. The molecule has 2 aliphatic rings. The Labute approximate surface area is 119 Å². The van der Waals surface area contributed by atoms with Gasteiger partial charge in [-0.1, -0.05) is 20.8 Å². The lowest BCUT2D eigenvalue weighted by molar-refractivity contribution is 0.216. The van der Waals surface area contributed by atoms with E-state index in [1.54, 1.807) is 0 Å². The van der Waals surface area contributed by atoms with E-state index < -0.39 is 0 Å². The van der Waals surface area contributed by atoms with Gasteiger partial charge in [0.2, 0.25) is 0 Å². The molecule has 3 N–H and O–H groups in total. The highest BCUT2D eigenvalue weighted by Crippen LogP contribution is 2.36. The Morgan fingerprint density at radius 1 is 1.21 bits per heavy atom. The Hall–Kier alpha value is -0.120. The van der Waals surface area contributed by atoms with E-state index in [2.05, 4.69) is 31.0 Å². The third-order valence-electron chi connectivity index (χ3n) is 4.91. The van der Waals surface area contributed by atoms with Gasteiger partial charge in [0, 0.05) is 19.1 Å². The van der Waals surface area contributed by atoms with Crippen LogP contribution in [0, 0.1) is 17.3 Å². The third-order valence-corrected chi connectivity index (χ3v) is 4.91. The lowest BCUT2D eigenvalue weighted by Gasteiger charge is -2.27. The van der Waals surface area contributed by atoms with Crippen molar-refractivity contribution in [3.63, 3.8) is 0 Å². The van der Waals surface area contributed by atoms with E-state index in [4.69, 9.17) is 5.73 Å². The van der Waals surface area contributed by atoms with Crippen LogP contribution in [0.25, 0.3) is 0 Å². The van der Waals surface area contributed by atoms with Gasteiger partial charge < -0.3 is 11.1 Å². The van der Waals surface area contributed by atoms with Crippen molar-refractivity contribution in [3.8, 4) is 0 Å². The summed E-state index contributed by atoms with van der Waals surface area (Å²) >= 11 is 0. The molecular formula is C16H33N3. The van der Waals surface area contributed by atoms with Crippen LogP contribution in [0.2, 0.25) is 0 Å². The van der Waals surface area contributed by atoms with Crippen LogP contribution >= 0.6 is 0 Å². The number of hydrogen-bond donors (Lipinski definition) is 2. The molecule has 0 aromatic heterocycles. The van der Waals surface area contributed by atoms with Crippen LogP contribution in [-0.2, 0) is 0 Å². The lowest BCUT2D eigenvalue weighted by atomic mass is 9.79. The molecule has 0 radical (unpaired) electrons. The molecule has 0 bridgehead atoms. The van der Waals surface area contributed by atoms with Gasteiger partial charge in [-0.3, -0.25) is 4.90 Å². The number of nitrogens with zero attached hydrogens (tertiary/aromatic N) is 1. The summed E-state index contributed by atoms with van der Waals surface area (Å²) in [5, 5.41) is 3.69. The molecule has 1 saturated heterocycles. The zero-order chi connectivity index (χ0) is 13.9. The first-order valence-electron chi connectivity index (χ1n) is 8.15. The second-order valence-corrected chi connectivity index (χ2v) is 7.69. The normalized spacial score (nSPS) is 29.1. The van der Waals surface area contributed by atoms with Crippen molar-refractivity contribution < 1.29 is 0 Å². The van der Waals surface area contributed by atoms with Crippen molar-refractivity contribution in [2.75, 3.05) is 32.7 Å². The lowest BCUT2D eigenvalue weighted by Crippen LogP contribution is -2.39. The monoisotopic (exact) mass is 267 g/mol. The van der Waals surface area contributed by atoms with E-state index in [1.165, 1.54) is 45.4 Å². The zero-order valence-corrected chi connectivity index (χ0v) is 13.1. The fraction of sp³-hybridized carbons (Fsp3) is 1.00. The van der Waals surface area contributed by atoms with Gasteiger partial charge in [0.05, 0.1) is 0 Å². The van der Waals surface area contributed by atoms with E-state index in [0.29, 0.717) is 5.41 Å². The van der Waals surface area contributed by atoms with E-state index >= 15 is 0 Å². The average Bonchev–Trinajstić information content (AvgIpc) is 3.05. The van der Waals surface area contributed by atoms with Crippen LogP contribution in [-0.4, -0.2) is 43.7 Å². The fourth-order valence-electron chi connectivity index (χ4n) is 3.17. The highest BCUT2D eigenvalue weighted by Gasteiger charge is 2.37. The summed E-state index contributed by atoms with van der Waals surface area (Å²) in [4.78, 5) is 2.68. The van der Waals surface area contributed by atoms with Crippen LogP contribution in [0.1, 0.15) is 46.5 Å². The summed E-state index contributed by atoms with van der Waals surface area (Å²) < 4.78 is 0. The maximum Gasteiger partial charge on any atom is 0.0224 e. The molecule has 0 aromatic carbocycles. The minimum absolute atomic E-state index is 0.437. The highest BCUT2D eigenvalue weighted by atomic mass is 15.2. The minimum Gasteiger partial charge on any atom is -0.330 e. The molecule has 1 aliphatic heterocycles. The van der Waals surface area contributed by atoms with Crippen molar-refractivity contribution in [2.24, 2.45) is 23.0 Å². The van der Waals surface area contributed by atoms with Crippen LogP contribution in [0.3, 0.4) is 0 Å². The number of rotatable bonds is 7. The molecule has 112 valence electrons. The summed E-state index contributed by atoms with van der Waals surface area (Å²) in [5.41, 5.74) is 6.12.